The molecule has 3 heteroatoms. The van der Waals surface area contributed by atoms with Crippen molar-refractivity contribution >= 4 is 0 Å². The van der Waals surface area contributed by atoms with Crippen LogP contribution < -0.4 is 0 Å². The highest BCUT2D eigenvalue weighted by molar-refractivity contribution is 5.27. The molecule has 1 N–H and O–H groups in total. The lowest BCUT2D eigenvalue weighted by Gasteiger charge is -2.36. The first-order chi connectivity index (χ1) is 9.13. The normalized spacial score (nSPS) is 13.2. The molecule has 0 heterocycles. The van der Waals surface area contributed by atoms with Gasteiger partial charge in [-0.1, -0.05) is 26.0 Å². The minimum Gasteiger partial charge on any atom is -0.508 e. The van der Waals surface area contributed by atoms with Crippen molar-refractivity contribution in [1.29, 1.82) is 0 Å². The molecule has 1 aromatic carbocycles. The van der Waals surface area contributed by atoms with E-state index in [1.165, 1.54) is 5.56 Å². The van der Waals surface area contributed by atoms with Gasteiger partial charge in [0.05, 0.1) is 6.61 Å². The van der Waals surface area contributed by atoms with Gasteiger partial charge in [-0.05, 0) is 37.5 Å². The van der Waals surface area contributed by atoms with E-state index in [0.29, 0.717) is 17.8 Å². The summed E-state index contributed by atoms with van der Waals surface area (Å²) in [5, 5.41) is 9.39. The summed E-state index contributed by atoms with van der Waals surface area (Å²) < 4.78 is 5.23. The lowest BCUT2D eigenvalue weighted by Crippen LogP contribution is -2.39. The van der Waals surface area contributed by atoms with Crippen LogP contribution in [0, 0.1) is 0 Å². The second-order valence-electron chi connectivity index (χ2n) is 4.97. The Morgan fingerprint density at radius 2 is 1.74 bits per heavy atom. The van der Waals surface area contributed by atoms with E-state index in [9.17, 15) is 5.11 Å². The molecule has 3 nitrogen and oxygen atoms in total. The van der Waals surface area contributed by atoms with Gasteiger partial charge in [-0.2, -0.15) is 0 Å². The van der Waals surface area contributed by atoms with Crippen molar-refractivity contribution in [3.05, 3.63) is 29.8 Å². The molecule has 0 saturated heterocycles. The quantitative estimate of drug-likeness (QED) is 0.779. The van der Waals surface area contributed by atoms with E-state index in [0.717, 1.165) is 26.0 Å². The molecular formula is C16H27NO2. The third kappa shape index (κ3) is 4.51. The molecule has 1 rings (SSSR count). The fraction of sp³-hybridized carbons (Fsp3) is 0.625. The predicted molar refractivity (Wildman–Crippen MR) is 79.5 cm³/mol. The average Bonchev–Trinajstić information content (AvgIpc) is 2.43. The van der Waals surface area contributed by atoms with E-state index in [1.807, 2.05) is 12.1 Å². The van der Waals surface area contributed by atoms with Gasteiger partial charge >= 0.3 is 0 Å². The zero-order chi connectivity index (χ0) is 14.3. The van der Waals surface area contributed by atoms with Crippen molar-refractivity contribution in [3.8, 4) is 5.75 Å². The highest BCUT2D eigenvalue weighted by Crippen LogP contribution is 2.26. The van der Waals surface area contributed by atoms with Gasteiger partial charge in [0.15, 0.2) is 0 Å². The minimum absolute atomic E-state index is 0.321. The van der Waals surface area contributed by atoms with Crippen LogP contribution in [0.25, 0.3) is 0 Å². The fourth-order valence-corrected chi connectivity index (χ4v) is 2.59. The second kappa shape index (κ2) is 8.18. The van der Waals surface area contributed by atoms with Crippen LogP contribution in [0.3, 0.4) is 0 Å². The van der Waals surface area contributed by atoms with Crippen LogP contribution >= 0.6 is 0 Å². The van der Waals surface area contributed by atoms with Crippen LogP contribution in [0.1, 0.15) is 45.2 Å². The van der Waals surface area contributed by atoms with E-state index in [2.05, 4.69) is 25.7 Å². The Labute approximate surface area is 117 Å². The zero-order valence-corrected chi connectivity index (χ0v) is 12.6. The standard InChI is InChI=1S/C16H27NO2/c1-5-15(6-2)17(11-12-19-4)13(3)14-7-9-16(18)10-8-14/h7-10,13,15,18H,5-6,11-12H2,1-4H3. The lowest BCUT2D eigenvalue weighted by atomic mass is 10.0. The van der Waals surface area contributed by atoms with Crippen molar-refractivity contribution in [2.24, 2.45) is 0 Å². The van der Waals surface area contributed by atoms with Gasteiger partial charge in [0, 0.05) is 25.7 Å². The summed E-state index contributed by atoms with van der Waals surface area (Å²) in [6.07, 6.45) is 2.28. The zero-order valence-electron chi connectivity index (χ0n) is 12.6. The second-order valence-corrected chi connectivity index (χ2v) is 4.97. The molecule has 0 spiro atoms. The number of methoxy groups -OCH3 is 1. The molecule has 0 fully saturated rings. The predicted octanol–water partition coefficient (Wildman–Crippen LogP) is 3.59. The number of rotatable bonds is 8. The molecule has 0 aliphatic carbocycles. The van der Waals surface area contributed by atoms with Crippen molar-refractivity contribution in [2.45, 2.75) is 45.7 Å². The molecule has 0 bridgehead atoms. The fourth-order valence-electron chi connectivity index (χ4n) is 2.59. The van der Waals surface area contributed by atoms with E-state index in [4.69, 9.17) is 4.74 Å². The van der Waals surface area contributed by atoms with Crippen LogP contribution in [0.15, 0.2) is 24.3 Å². The molecule has 0 aliphatic rings. The highest BCUT2D eigenvalue weighted by atomic mass is 16.5. The lowest BCUT2D eigenvalue weighted by molar-refractivity contribution is 0.0854. The summed E-state index contributed by atoms with van der Waals surface area (Å²) in [5.74, 6) is 0.321. The molecule has 1 aromatic rings. The number of hydrogen-bond acceptors (Lipinski definition) is 3. The number of benzene rings is 1. The number of ether oxygens (including phenoxy) is 1. The smallest absolute Gasteiger partial charge is 0.115 e. The number of aromatic hydroxyl groups is 1. The maximum Gasteiger partial charge on any atom is 0.115 e. The van der Waals surface area contributed by atoms with Gasteiger partial charge in [-0.3, -0.25) is 4.90 Å². The first-order valence-electron chi connectivity index (χ1n) is 7.17. The third-order valence-corrected chi connectivity index (χ3v) is 3.84. The molecule has 1 unspecified atom stereocenters. The summed E-state index contributed by atoms with van der Waals surface area (Å²) in [6, 6.07) is 8.42. The number of phenolic OH excluding ortho intramolecular Hbond substituents is 1. The molecule has 0 radical (unpaired) electrons. The summed E-state index contributed by atoms with van der Waals surface area (Å²) in [5.41, 5.74) is 1.24. The monoisotopic (exact) mass is 265 g/mol. The number of phenols is 1. The SMILES string of the molecule is CCC(CC)N(CCOC)C(C)c1ccc(O)cc1. The van der Waals surface area contributed by atoms with Gasteiger partial charge < -0.3 is 9.84 Å². The van der Waals surface area contributed by atoms with E-state index in [-0.39, 0.29) is 0 Å². The van der Waals surface area contributed by atoms with Gasteiger partial charge in [0.2, 0.25) is 0 Å². The Kier molecular flexibility index (Phi) is 6.89. The van der Waals surface area contributed by atoms with Crippen LogP contribution in [0.4, 0.5) is 0 Å². The van der Waals surface area contributed by atoms with E-state index in [1.54, 1.807) is 19.2 Å². The molecule has 0 aliphatic heterocycles. The van der Waals surface area contributed by atoms with Crippen molar-refractivity contribution in [2.75, 3.05) is 20.3 Å². The highest BCUT2D eigenvalue weighted by Gasteiger charge is 2.21. The Morgan fingerprint density at radius 1 is 1.16 bits per heavy atom. The summed E-state index contributed by atoms with van der Waals surface area (Å²) >= 11 is 0. The maximum atomic E-state index is 9.39. The third-order valence-electron chi connectivity index (χ3n) is 3.84. The minimum atomic E-state index is 0.321. The van der Waals surface area contributed by atoms with Gasteiger partial charge in [-0.15, -0.1) is 0 Å². The Balaban J connectivity index is 2.85. The van der Waals surface area contributed by atoms with Gasteiger partial charge in [0.25, 0.3) is 0 Å². The summed E-state index contributed by atoms with van der Waals surface area (Å²) in [6.45, 7) is 8.37. The number of nitrogens with zero attached hydrogens (tertiary/aromatic N) is 1. The molecule has 0 aromatic heterocycles. The van der Waals surface area contributed by atoms with Crippen LogP contribution in [-0.4, -0.2) is 36.3 Å². The van der Waals surface area contributed by atoms with Gasteiger partial charge in [-0.25, -0.2) is 0 Å². The van der Waals surface area contributed by atoms with Crippen molar-refractivity contribution in [1.82, 2.24) is 4.90 Å². The molecule has 19 heavy (non-hydrogen) atoms. The van der Waals surface area contributed by atoms with Crippen molar-refractivity contribution < 1.29 is 9.84 Å². The summed E-state index contributed by atoms with van der Waals surface area (Å²) in [4.78, 5) is 2.50. The average molecular weight is 265 g/mol. The maximum absolute atomic E-state index is 9.39. The molecular weight excluding hydrogens is 238 g/mol. The first-order valence-corrected chi connectivity index (χ1v) is 7.17. The Morgan fingerprint density at radius 3 is 2.21 bits per heavy atom. The van der Waals surface area contributed by atoms with E-state index < -0.39 is 0 Å². The topological polar surface area (TPSA) is 32.7 Å². The Hall–Kier alpha value is -1.06. The van der Waals surface area contributed by atoms with Gasteiger partial charge in [0.1, 0.15) is 5.75 Å². The molecule has 1 atom stereocenters. The van der Waals surface area contributed by atoms with Crippen LogP contribution in [-0.2, 0) is 4.74 Å². The molecule has 0 saturated carbocycles. The summed E-state index contributed by atoms with van der Waals surface area (Å²) in [7, 11) is 1.75. The first kappa shape index (κ1) is 16.0. The van der Waals surface area contributed by atoms with Crippen molar-refractivity contribution in [3.63, 3.8) is 0 Å². The largest absolute Gasteiger partial charge is 0.508 e. The van der Waals surface area contributed by atoms with E-state index >= 15 is 0 Å². The Bertz CT molecular complexity index is 346. The van der Waals surface area contributed by atoms with Crippen LogP contribution in [0.2, 0.25) is 0 Å². The number of hydrogen-bond donors (Lipinski definition) is 1. The molecule has 108 valence electrons. The molecule has 0 amide bonds. The van der Waals surface area contributed by atoms with Crippen LogP contribution in [0.5, 0.6) is 5.75 Å².